The second-order valence-electron chi connectivity index (χ2n) is 39.8. The van der Waals surface area contributed by atoms with Gasteiger partial charge in [0.25, 0.3) is 0 Å². The van der Waals surface area contributed by atoms with Crippen LogP contribution < -0.4 is 24.5 Å². The summed E-state index contributed by atoms with van der Waals surface area (Å²) < 4.78 is 9.05. The van der Waals surface area contributed by atoms with Crippen molar-refractivity contribution in [3.63, 3.8) is 0 Å². The summed E-state index contributed by atoms with van der Waals surface area (Å²) in [5.74, 6) is 12.0. The molecule has 4 aromatic carbocycles. The van der Waals surface area contributed by atoms with Gasteiger partial charge in [0.15, 0.2) is 29.1 Å². The van der Waals surface area contributed by atoms with E-state index in [9.17, 15) is 0 Å². The van der Waals surface area contributed by atoms with Gasteiger partial charge in [0.2, 0.25) is 29.1 Å². The minimum Gasteiger partial charge on any atom is -0.357 e. The number of anilines is 5. The van der Waals surface area contributed by atoms with Gasteiger partial charge in [-0.25, -0.2) is 49.9 Å². The van der Waals surface area contributed by atoms with E-state index in [1.54, 1.807) is 4.68 Å². The molecule has 0 fully saturated rings. The Morgan fingerprint density at radius 3 is 0.826 bits per heavy atom. The van der Waals surface area contributed by atoms with Crippen LogP contribution in [0.15, 0.2) is 220 Å². The van der Waals surface area contributed by atoms with E-state index >= 15 is 0 Å². The van der Waals surface area contributed by atoms with Crippen LogP contribution in [0.25, 0.3) is 45.6 Å². The van der Waals surface area contributed by atoms with E-state index < -0.39 is 0 Å². The van der Waals surface area contributed by atoms with Crippen molar-refractivity contribution in [2.24, 2.45) is 66.7 Å². The maximum absolute atomic E-state index is 5.01. The first-order chi connectivity index (χ1) is 71.5. The molecule has 0 amide bonds. The normalized spacial score (nSPS) is 14.6. The third-order valence-electron chi connectivity index (χ3n) is 26.1. The van der Waals surface area contributed by atoms with Gasteiger partial charge in [-0.15, -0.1) is 51.0 Å². The fraction of sp³-hybridized carbons (Fsp3) is 0.395. The summed E-state index contributed by atoms with van der Waals surface area (Å²) in [5.41, 5.74) is 22.5. The Labute approximate surface area is 875 Å². The second kappa shape index (κ2) is 46.4. The molecular weight excluding hydrogens is 1860 g/mol. The Balaban J connectivity index is 0.000000140. The fourth-order valence-corrected chi connectivity index (χ4v) is 17.7. The molecule has 0 radical (unpaired) electrons. The van der Waals surface area contributed by atoms with Gasteiger partial charge in [0.05, 0.1) is 85.5 Å². The fourth-order valence-electron chi connectivity index (χ4n) is 17.7. The van der Waals surface area contributed by atoms with E-state index in [1.807, 2.05) is 206 Å². The van der Waals surface area contributed by atoms with Crippen molar-refractivity contribution < 1.29 is 0 Å². The van der Waals surface area contributed by atoms with Crippen LogP contribution in [0, 0.1) is 64.7 Å². The van der Waals surface area contributed by atoms with Crippen LogP contribution in [0.2, 0.25) is 0 Å². The van der Waals surface area contributed by atoms with Crippen LogP contribution in [0.3, 0.4) is 0 Å². The molecule has 5 aliphatic heterocycles. The van der Waals surface area contributed by atoms with E-state index in [2.05, 4.69) is 264 Å². The largest absolute Gasteiger partial charge is 0.357 e. The molecule has 10 aromatic heterocycles. The molecular formula is C114H141N35. The minimum absolute atomic E-state index is 0.198. The lowest BCUT2D eigenvalue weighted by Gasteiger charge is -2.20. The molecule has 0 atom stereocenters. The smallest absolute Gasteiger partial charge is 0.205 e. The van der Waals surface area contributed by atoms with Gasteiger partial charge < -0.3 is 24.5 Å². The van der Waals surface area contributed by atoms with E-state index in [4.69, 9.17) is 70.3 Å². The first-order valence-corrected chi connectivity index (χ1v) is 52.1. The number of aliphatic imine (C=N–C) groups is 5. The monoisotopic (exact) mass is 2000 g/mol. The zero-order valence-corrected chi connectivity index (χ0v) is 92.0. The zero-order chi connectivity index (χ0) is 107. The Bertz CT molecular complexity index is 7490. The molecule has 5 aliphatic rings. The van der Waals surface area contributed by atoms with Gasteiger partial charge in [-0.05, 0) is 204 Å². The highest BCUT2D eigenvalue weighted by Gasteiger charge is 2.40. The molecule has 149 heavy (non-hydrogen) atoms. The number of pyridine rings is 5. The number of hydrogen-bond donors (Lipinski definition) is 0. The highest BCUT2D eigenvalue weighted by atomic mass is 15.5. The number of nitrogens with zero attached hydrogens (tertiary/aromatic N) is 35. The van der Waals surface area contributed by atoms with E-state index in [-0.39, 0.29) is 16.2 Å². The van der Waals surface area contributed by atoms with Crippen LogP contribution in [0.4, 0.5) is 57.5 Å². The van der Waals surface area contributed by atoms with Crippen molar-refractivity contribution in [3.8, 4) is 45.6 Å². The third-order valence-corrected chi connectivity index (χ3v) is 26.1. The molecule has 0 spiro atoms. The van der Waals surface area contributed by atoms with Crippen LogP contribution in [0.1, 0.15) is 240 Å². The van der Waals surface area contributed by atoms with E-state index in [1.165, 1.54) is 11.1 Å². The van der Waals surface area contributed by atoms with Crippen molar-refractivity contribution in [2.45, 2.75) is 220 Å². The van der Waals surface area contributed by atoms with Crippen molar-refractivity contribution in [1.29, 1.82) is 0 Å². The number of rotatable bonds is 27. The van der Waals surface area contributed by atoms with Gasteiger partial charge in [0, 0.05) is 110 Å². The number of benzene rings is 4. The third kappa shape index (κ3) is 23.4. The van der Waals surface area contributed by atoms with E-state index in [0.29, 0.717) is 34.9 Å². The Morgan fingerprint density at radius 1 is 0.248 bits per heavy atom. The van der Waals surface area contributed by atoms with Gasteiger partial charge in [-0.3, -0.25) is 0 Å². The van der Waals surface area contributed by atoms with Crippen molar-refractivity contribution >= 4 is 115 Å². The van der Waals surface area contributed by atoms with Gasteiger partial charge in [0.1, 0.15) is 57.6 Å². The molecule has 772 valence electrons. The average Bonchev–Trinajstić information content (AvgIpc) is 1.60. The number of hydrogen-bond acceptors (Lipinski definition) is 30. The molecule has 0 bridgehead atoms. The molecule has 0 saturated carbocycles. The first-order valence-electron chi connectivity index (χ1n) is 52.1. The number of aromatic nitrogens is 20. The highest BCUT2D eigenvalue weighted by Crippen LogP contribution is 2.39. The van der Waals surface area contributed by atoms with Crippen molar-refractivity contribution in [3.05, 3.63) is 244 Å². The summed E-state index contributed by atoms with van der Waals surface area (Å²) in [5, 5.41) is 68.0. The summed E-state index contributed by atoms with van der Waals surface area (Å²) in [6, 6.07) is 56.7. The van der Waals surface area contributed by atoms with Crippen molar-refractivity contribution in [2.75, 3.05) is 89.9 Å². The Kier molecular flexibility index (Phi) is 33.4. The summed E-state index contributed by atoms with van der Waals surface area (Å²) in [6.45, 7) is 70.1. The predicted molar refractivity (Wildman–Crippen MR) is 607 cm³/mol. The maximum Gasteiger partial charge on any atom is 0.205 e. The van der Waals surface area contributed by atoms with Gasteiger partial charge in [-0.1, -0.05) is 190 Å². The maximum atomic E-state index is 5.01. The molecule has 0 aliphatic carbocycles. The minimum atomic E-state index is -0.202. The lowest BCUT2D eigenvalue weighted by molar-refractivity contribution is 0.593. The average molecular weight is 2000 g/mol. The van der Waals surface area contributed by atoms with Crippen molar-refractivity contribution in [1.82, 2.24) is 99.3 Å². The molecule has 0 saturated heterocycles. The summed E-state index contributed by atoms with van der Waals surface area (Å²) >= 11 is 0. The Hall–Kier alpha value is -16.0. The quantitative estimate of drug-likeness (QED) is 0.0461. The molecule has 19 rings (SSSR count). The first kappa shape index (κ1) is 107. The molecule has 35 heteroatoms. The van der Waals surface area contributed by atoms with Crippen LogP contribution in [-0.2, 0) is 6.42 Å². The SMILES string of the molecule is CCC1=Nn2c(nnc2-c2ccccc2)C1=Nc1ccc(N(CC)CC)nc1C.CCCc1nnc2n1N=C(C)C2=Nc1ccc(N(CC)CC)nc1C.CCN(CC)c1ccc(N=C2C(C(C)(C)C)=Nn3c2nnc3-c2ccc(C)cc2)c(C)n1.CCN(CC)c1ccc(N=C2C(C(C)(C)C)=Nn3c2nnc3-c2cccc(C)c2)c(C)n1.CCN(CC)c1ccc(N=C2C(C(C)(C)C)=Nn3c2nnc3-c2ccccc2)c(C)n1. The molecule has 15 heterocycles. The topological polar surface area (TPSA) is 358 Å². The number of fused-ring (bicyclic) bond motifs is 5. The van der Waals surface area contributed by atoms with Crippen LogP contribution in [-0.4, -0.2) is 222 Å². The summed E-state index contributed by atoms with van der Waals surface area (Å²) in [7, 11) is 0. The summed E-state index contributed by atoms with van der Waals surface area (Å²) in [6.07, 6.45) is 2.63. The van der Waals surface area contributed by atoms with Crippen LogP contribution in [0.5, 0.6) is 0 Å². The predicted octanol–water partition coefficient (Wildman–Crippen LogP) is 22.6. The second-order valence-corrected chi connectivity index (χ2v) is 39.8. The Morgan fingerprint density at radius 2 is 0.523 bits per heavy atom. The highest BCUT2D eigenvalue weighted by molar-refractivity contribution is 6.52. The standard InChI is InChI=1S/2C25H31N7.C24H29N7.C22H25N7.C18H25N7/c1-8-31(9-2)20-15-14-19(17(4)26-20)27-21-22(25(5,6)7)30-32-23(28-29-24(21)32)18-12-10-16(3)11-13-18;1-8-31(9-2)20-14-13-19(17(4)26-20)27-21-22(25(5,6)7)30-32-23(28-29-24(21)32)18-12-10-11-16(3)15-18;1-7-30(8-2)19-15-14-18(16(3)25-19)26-20-21(24(4,5)6)29-31-22(27-28-23(20)31)17-12-10-9-11-13-17;1-5-17-20(24-18-13-14-19(23-15(18)4)28(6-2)7-3)22-26-25-21(29(22)27-17)16-11-9-8-10-12-16;1-6-9-16-21-22-18-17(13(5)23-25(16)18)20-14-10-11-15(19-12(14)4)24(7-2)8-3/h2*10-15H,8-9H2,1-7H3;9-15H,7-8H2,1-6H3;8-14H,5-7H2,1-4H3;10-11H,6-9H2,1-5H3. The zero-order valence-electron chi connectivity index (χ0n) is 92.0. The van der Waals surface area contributed by atoms with Gasteiger partial charge >= 0.3 is 0 Å². The molecule has 0 unspecified atom stereocenters. The molecule has 35 nitrogen and oxygen atoms in total. The van der Waals surface area contributed by atoms with Crippen LogP contribution >= 0.6 is 0 Å². The van der Waals surface area contributed by atoms with E-state index in [0.717, 1.165) is 273 Å². The molecule has 0 N–H and O–H groups in total. The summed E-state index contributed by atoms with van der Waals surface area (Å²) in [4.78, 5) is 59.6. The lowest BCUT2D eigenvalue weighted by atomic mass is 9.87. The molecule has 14 aromatic rings. The lowest BCUT2D eigenvalue weighted by Crippen LogP contribution is -2.27. The van der Waals surface area contributed by atoms with Gasteiger partial charge in [-0.2, -0.15) is 48.9 Å². The number of aryl methyl sites for hydroxylation is 8.